The molecule has 28 heavy (non-hydrogen) atoms. The molecule has 1 unspecified atom stereocenters. The normalized spacial score (nSPS) is 14.5. The summed E-state index contributed by atoms with van der Waals surface area (Å²) in [7, 11) is 0. The van der Waals surface area contributed by atoms with Crippen LogP contribution in [0.3, 0.4) is 0 Å². The Labute approximate surface area is 165 Å². The van der Waals surface area contributed by atoms with E-state index in [9.17, 15) is 9.59 Å². The highest BCUT2D eigenvalue weighted by Crippen LogP contribution is 2.32. The van der Waals surface area contributed by atoms with Crippen LogP contribution in [0.4, 0.5) is 5.69 Å². The number of rotatable bonds is 5. The van der Waals surface area contributed by atoms with E-state index in [0.717, 1.165) is 34.7 Å². The third-order valence-electron chi connectivity index (χ3n) is 5.34. The maximum absolute atomic E-state index is 13.1. The van der Waals surface area contributed by atoms with Crippen LogP contribution in [0.15, 0.2) is 60.7 Å². The van der Waals surface area contributed by atoms with Gasteiger partial charge in [-0.2, -0.15) is 0 Å². The third-order valence-corrected chi connectivity index (χ3v) is 5.34. The molecule has 1 aliphatic rings. The van der Waals surface area contributed by atoms with Crippen molar-refractivity contribution in [2.75, 3.05) is 5.32 Å². The Morgan fingerprint density at radius 1 is 0.964 bits per heavy atom. The molecule has 1 fully saturated rings. The summed E-state index contributed by atoms with van der Waals surface area (Å²) in [4.78, 5) is 25.4. The molecule has 0 saturated heterocycles. The summed E-state index contributed by atoms with van der Waals surface area (Å²) >= 11 is 0. The molecule has 142 valence electrons. The number of anilines is 1. The highest BCUT2D eigenvalue weighted by atomic mass is 16.2. The second-order valence-electron chi connectivity index (χ2n) is 7.56. The summed E-state index contributed by atoms with van der Waals surface area (Å²) in [5.74, 6) is -0.114. The molecule has 1 saturated carbocycles. The number of hydrogen-bond acceptors (Lipinski definition) is 2. The fourth-order valence-electron chi connectivity index (χ4n) is 3.54. The minimum Gasteiger partial charge on any atom is -0.345 e. The van der Waals surface area contributed by atoms with Gasteiger partial charge in [0.1, 0.15) is 0 Å². The van der Waals surface area contributed by atoms with Gasteiger partial charge in [0, 0.05) is 5.92 Å². The SMILES string of the molecule is Cc1ccccc1C(C)NC(=O)c1cc2ccccc2cc1NC(=O)C1CC1. The monoisotopic (exact) mass is 372 g/mol. The molecule has 1 atom stereocenters. The van der Waals surface area contributed by atoms with Gasteiger partial charge < -0.3 is 10.6 Å². The van der Waals surface area contributed by atoms with Crippen LogP contribution in [0.25, 0.3) is 10.8 Å². The lowest BCUT2D eigenvalue weighted by Gasteiger charge is -2.18. The topological polar surface area (TPSA) is 58.2 Å². The van der Waals surface area contributed by atoms with Crippen molar-refractivity contribution in [3.05, 3.63) is 77.4 Å². The van der Waals surface area contributed by atoms with Crippen LogP contribution in [0, 0.1) is 12.8 Å². The number of carbonyl (C=O) groups is 2. The Kier molecular flexibility index (Phi) is 4.86. The predicted molar refractivity (Wildman–Crippen MR) is 112 cm³/mol. The Balaban J connectivity index is 1.66. The number of nitrogens with one attached hydrogen (secondary N) is 2. The zero-order valence-corrected chi connectivity index (χ0v) is 16.2. The van der Waals surface area contributed by atoms with Gasteiger partial charge in [-0.1, -0.05) is 48.5 Å². The van der Waals surface area contributed by atoms with Crippen molar-refractivity contribution >= 4 is 28.3 Å². The number of carbonyl (C=O) groups excluding carboxylic acids is 2. The molecule has 4 heteroatoms. The van der Waals surface area contributed by atoms with Crippen LogP contribution in [0.1, 0.15) is 47.3 Å². The van der Waals surface area contributed by atoms with Gasteiger partial charge >= 0.3 is 0 Å². The molecule has 2 N–H and O–H groups in total. The number of hydrogen-bond donors (Lipinski definition) is 2. The summed E-state index contributed by atoms with van der Waals surface area (Å²) in [6.07, 6.45) is 1.84. The molecule has 1 aliphatic carbocycles. The van der Waals surface area contributed by atoms with Crippen LogP contribution >= 0.6 is 0 Å². The molecule has 0 radical (unpaired) electrons. The van der Waals surface area contributed by atoms with Gasteiger partial charge in [-0.15, -0.1) is 0 Å². The smallest absolute Gasteiger partial charge is 0.253 e. The molecule has 0 aromatic heterocycles. The molecule has 2 amide bonds. The number of fused-ring (bicyclic) bond motifs is 1. The van der Waals surface area contributed by atoms with Crippen LogP contribution < -0.4 is 10.6 Å². The number of amides is 2. The highest BCUT2D eigenvalue weighted by molar-refractivity contribution is 6.08. The molecular weight excluding hydrogens is 348 g/mol. The molecular formula is C24H24N2O2. The first-order valence-corrected chi connectivity index (χ1v) is 9.73. The fourth-order valence-corrected chi connectivity index (χ4v) is 3.54. The van der Waals surface area contributed by atoms with Crippen molar-refractivity contribution < 1.29 is 9.59 Å². The van der Waals surface area contributed by atoms with Crippen molar-refractivity contribution in [2.24, 2.45) is 5.92 Å². The first-order valence-electron chi connectivity index (χ1n) is 9.73. The highest BCUT2D eigenvalue weighted by Gasteiger charge is 2.30. The van der Waals surface area contributed by atoms with E-state index in [-0.39, 0.29) is 23.8 Å². The van der Waals surface area contributed by atoms with Crippen LogP contribution in [-0.2, 0) is 4.79 Å². The molecule has 0 spiro atoms. The minimum absolute atomic E-state index is 0.00344. The van der Waals surface area contributed by atoms with Gasteiger partial charge in [0.25, 0.3) is 5.91 Å². The summed E-state index contributed by atoms with van der Waals surface area (Å²) in [6.45, 7) is 4.01. The van der Waals surface area contributed by atoms with Gasteiger partial charge in [-0.05, 0) is 60.7 Å². The molecule has 0 aliphatic heterocycles. The molecule has 3 aromatic rings. The summed E-state index contributed by atoms with van der Waals surface area (Å²) in [6, 6.07) is 19.5. The van der Waals surface area contributed by atoms with E-state index < -0.39 is 0 Å². The molecule has 0 bridgehead atoms. The first kappa shape index (κ1) is 18.2. The number of benzene rings is 3. The lowest BCUT2D eigenvalue weighted by molar-refractivity contribution is -0.117. The van der Waals surface area contributed by atoms with Gasteiger partial charge in [0.05, 0.1) is 17.3 Å². The van der Waals surface area contributed by atoms with Crippen LogP contribution in [-0.4, -0.2) is 11.8 Å². The Morgan fingerprint density at radius 2 is 1.61 bits per heavy atom. The van der Waals surface area contributed by atoms with Crippen molar-refractivity contribution in [3.8, 4) is 0 Å². The minimum atomic E-state index is -0.187. The van der Waals surface area contributed by atoms with Crippen LogP contribution in [0.2, 0.25) is 0 Å². The molecule has 4 rings (SSSR count). The van der Waals surface area contributed by atoms with Crippen LogP contribution in [0.5, 0.6) is 0 Å². The largest absolute Gasteiger partial charge is 0.345 e. The summed E-state index contributed by atoms with van der Waals surface area (Å²) in [5, 5.41) is 8.03. The lowest BCUT2D eigenvalue weighted by atomic mass is 10.0. The summed E-state index contributed by atoms with van der Waals surface area (Å²) in [5.41, 5.74) is 3.29. The molecule has 4 nitrogen and oxygen atoms in total. The quantitative estimate of drug-likeness (QED) is 0.663. The average Bonchev–Trinajstić information content (AvgIpc) is 3.53. The van der Waals surface area contributed by atoms with Crippen molar-refractivity contribution in [1.29, 1.82) is 0 Å². The zero-order valence-electron chi connectivity index (χ0n) is 16.2. The Morgan fingerprint density at radius 3 is 2.29 bits per heavy atom. The van der Waals surface area contributed by atoms with E-state index in [1.165, 1.54) is 0 Å². The molecule has 0 heterocycles. The van der Waals surface area contributed by atoms with Crippen molar-refractivity contribution in [2.45, 2.75) is 32.7 Å². The van der Waals surface area contributed by atoms with Crippen molar-refractivity contribution in [3.63, 3.8) is 0 Å². The van der Waals surface area contributed by atoms with E-state index in [2.05, 4.69) is 10.6 Å². The van der Waals surface area contributed by atoms with Gasteiger partial charge in [-0.25, -0.2) is 0 Å². The third kappa shape index (κ3) is 3.77. The second kappa shape index (κ2) is 7.47. The first-order chi connectivity index (χ1) is 13.5. The van der Waals surface area contributed by atoms with E-state index in [0.29, 0.717) is 11.3 Å². The standard InChI is InChI=1S/C24H24N2O2/c1-15-7-3-6-10-20(15)16(2)25-24(28)21-13-18-8-4-5-9-19(18)14-22(21)26-23(27)17-11-12-17/h3-10,13-14,16-17H,11-12H2,1-2H3,(H,25,28)(H,26,27). The van der Waals surface area contributed by atoms with Crippen molar-refractivity contribution in [1.82, 2.24) is 5.32 Å². The maximum atomic E-state index is 13.1. The fraction of sp³-hybridized carbons (Fsp3) is 0.250. The zero-order chi connectivity index (χ0) is 19.7. The van der Waals surface area contributed by atoms with Gasteiger partial charge in [-0.3, -0.25) is 9.59 Å². The Hall–Kier alpha value is -3.14. The van der Waals surface area contributed by atoms with E-state index >= 15 is 0 Å². The van der Waals surface area contributed by atoms with E-state index in [4.69, 9.17) is 0 Å². The van der Waals surface area contributed by atoms with E-state index in [1.54, 1.807) is 0 Å². The Bertz CT molecular complexity index is 1050. The average molecular weight is 372 g/mol. The molecule has 3 aromatic carbocycles. The number of aryl methyl sites for hydroxylation is 1. The van der Waals surface area contributed by atoms with Gasteiger partial charge in [0.2, 0.25) is 5.91 Å². The van der Waals surface area contributed by atoms with Gasteiger partial charge in [0.15, 0.2) is 0 Å². The second-order valence-corrected chi connectivity index (χ2v) is 7.56. The predicted octanol–water partition coefficient (Wildman–Crippen LogP) is 4.99. The maximum Gasteiger partial charge on any atom is 0.253 e. The summed E-state index contributed by atoms with van der Waals surface area (Å²) < 4.78 is 0. The lowest BCUT2D eigenvalue weighted by Crippen LogP contribution is -2.28. The van der Waals surface area contributed by atoms with E-state index in [1.807, 2.05) is 74.5 Å².